The zero-order chi connectivity index (χ0) is 18.8. The molecule has 0 bridgehead atoms. The van der Waals surface area contributed by atoms with Gasteiger partial charge in [0, 0.05) is 10.7 Å². The minimum Gasteiger partial charge on any atom is -0.459 e. The monoisotopic (exact) mass is 365 g/mol. The molecule has 0 aromatic heterocycles. The summed E-state index contributed by atoms with van der Waals surface area (Å²) in [4.78, 5) is 26.1. The van der Waals surface area contributed by atoms with E-state index in [4.69, 9.17) is 22.2 Å². The molecule has 1 aromatic carbocycles. The van der Waals surface area contributed by atoms with Crippen molar-refractivity contribution in [2.24, 2.45) is 5.84 Å². The summed E-state index contributed by atoms with van der Waals surface area (Å²) in [6, 6.07) is 8.53. The number of esters is 1. The van der Waals surface area contributed by atoms with Crippen molar-refractivity contribution in [3.63, 3.8) is 0 Å². The fourth-order valence-corrected chi connectivity index (χ4v) is 2.13. The van der Waals surface area contributed by atoms with Crippen molar-refractivity contribution < 1.29 is 14.3 Å². The Labute approximate surface area is 153 Å². The number of hydrazine groups is 1. The summed E-state index contributed by atoms with van der Waals surface area (Å²) in [5.41, 5.74) is 3.74. The number of ether oxygens (including phenoxy) is 1. The number of allylic oxidation sites excluding steroid dienone is 3. The van der Waals surface area contributed by atoms with Gasteiger partial charge < -0.3 is 9.64 Å². The Balaban J connectivity index is 2.84. The van der Waals surface area contributed by atoms with Gasteiger partial charge in [-0.2, -0.15) is 0 Å². The van der Waals surface area contributed by atoms with Crippen LogP contribution in [0.25, 0.3) is 0 Å². The molecule has 7 heteroatoms. The number of nitrogens with one attached hydrogen (secondary N) is 1. The third kappa shape index (κ3) is 6.70. The first-order chi connectivity index (χ1) is 11.9. The van der Waals surface area contributed by atoms with E-state index in [9.17, 15) is 9.59 Å². The molecule has 1 unspecified atom stereocenters. The molecule has 0 spiro atoms. The lowest BCUT2D eigenvalue weighted by Gasteiger charge is -2.26. The summed E-state index contributed by atoms with van der Waals surface area (Å²) >= 11 is 6.01. The molecule has 1 aromatic rings. The molecule has 6 nitrogen and oxygen atoms in total. The summed E-state index contributed by atoms with van der Waals surface area (Å²) in [5, 5.41) is 0.403. The molecule has 25 heavy (non-hydrogen) atoms. The highest BCUT2D eigenvalue weighted by atomic mass is 35.5. The number of nitrogens with two attached hydrogens (primary N) is 1. The molecular weight excluding hydrogens is 342 g/mol. The van der Waals surface area contributed by atoms with E-state index >= 15 is 0 Å². The zero-order valence-electron chi connectivity index (χ0n) is 14.7. The van der Waals surface area contributed by atoms with E-state index in [0.29, 0.717) is 10.7 Å². The third-order valence-electron chi connectivity index (χ3n) is 3.53. The van der Waals surface area contributed by atoms with Gasteiger partial charge in [-0.25, -0.2) is 5.43 Å². The minimum absolute atomic E-state index is 0.137. The lowest BCUT2D eigenvalue weighted by molar-refractivity contribution is -0.149. The number of carbonyl (C=O) groups is 2. The molecular formula is C18H24ClN3O3. The molecule has 0 saturated carbocycles. The van der Waals surface area contributed by atoms with Crippen LogP contribution in [0.15, 0.2) is 53.2 Å². The lowest BCUT2D eigenvalue weighted by Crippen LogP contribution is -2.49. The fraction of sp³-hybridized carbons (Fsp3) is 0.333. The Morgan fingerprint density at radius 1 is 1.32 bits per heavy atom. The molecule has 0 aliphatic heterocycles. The Bertz CT molecular complexity index is 640. The predicted molar refractivity (Wildman–Crippen MR) is 98.1 cm³/mol. The molecule has 0 aliphatic carbocycles. The smallest absolute Gasteiger partial charge is 0.326 e. The molecule has 0 fully saturated rings. The summed E-state index contributed by atoms with van der Waals surface area (Å²) in [5.74, 6) is 4.50. The van der Waals surface area contributed by atoms with Crippen LogP contribution in [-0.2, 0) is 20.9 Å². The van der Waals surface area contributed by atoms with E-state index in [-0.39, 0.29) is 13.2 Å². The predicted octanol–water partition coefficient (Wildman–Crippen LogP) is 2.46. The van der Waals surface area contributed by atoms with Crippen molar-refractivity contribution in [2.75, 3.05) is 6.54 Å². The molecule has 0 radical (unpaired) electrons. The standard InChI is InChI=1S/C18H24ClN3O3/c1-4-8-16(21-20)18(24)22(14(3)13(2)19)11-17(23)25-12-15-9-6-5-7-10-15/h4-10,16,21H,11-12,20H2,1-3H3/b8-4?,14-13+. The van der Waals surface area contributed by atoms with Gasteiger partial charge in [-0.05, 0) is 26.3 Å². The van der Waals surface area contributed by atoms with Gasteiger partial charge in [0.25, 0.3) is 0 Å². The van der Waals surface area contributed by atoms with Gasteiger partial charge in [0.05, 0.1) is 0 Å². The van der Waals surface area contributed by atoms with Crippen LogP contribution < -0.4 is 11.3 Å². The zero-order valence-corrected chi connectivity index (χ0v) is 15.4. The Kier molecular flexibility index (Phi) is 8.91. The average molecular weight is 366 g/mol. The first-order valence-corrected chi connectivity index (χ1v) is 8.21. The SMILES string of the molecule is CC=CC(NN)C(=O)N(CC(=O)OCc1ccccc1)/C(C)=C(\C)Cl. The van der Waals surface area contributed by atoms with Crippen LogP contribution in [-0.4, -0.2) is 29.4 Å². The second kappa shape index (κ2) is 10.7. The fourth-order valence-electron chi connectivity index (χ4n) is 2.03. The van der Waals surface area contributed by atoms with Crippen molar-refractivity contribution >= 4 is 23.5 Å². The highest BCUT2D eigenvalue weighted by Gasteiger charge is 2.26. The van der Waals surface area contributed by atoms with Gasteiger partial charge in [-0.1, -0.05) is 54.1 Å². The molecule has 1 atom stereocenters. The van der Waals surface area contributed by atoms with E-state index in [0.717, 1.165) is 5.56 Å². The molecule has 0 aliphatic rings. The Hall–Kier alpha value is -2.15. The number of nitrogens with zero attached hydrogens (tertiary/aromatic N) is 1. The van der Waals surface area contributed by atoms with Crippen LogP contribution in [0.5, 0.6) is 0 Å². The van der Waals surface area contributed by atoms with Crippen LogP contribution in [0, 0.1) is 0 Å². The minimum atomic E-state index is -0.766. The number of halogens is 1. The van der Waals surface area contributed by atoms with E-state index in [2.05, 4.69) is 5.43 Å². The van der Waals surface area contributed by atoms with E-state index < -0.39 is 17.9 Å². The molecule has 0 heterocycles. The summed E-state index contributed by atoms with van der Waals surface area (Å²) in [6.45, 7) is 4.96. The number of rotatable bonds is 8. The third-order valence-corrected chi connectivity index (χ3v) is 3.80. The normalized spacial score (nSPS) is 13.3. The average Bonchev–Trinajstić information content (AvgIpc) is 2.62. The van der Waals surface area contributed by atoms with Crippen molar-refractivity contribution in [3.8, 4) is 0 Å². The van der Waals surface area contributed by atoms with Gasteiger partial charge in [-0.15, -0.1) is 0 Å². The van der Waals surface area contributed by atoms with E-state index in [1.807, 2.05) is 30.3 Å². The quantitative estimate of drug-likeness (QED) is 0.320. The van der Waals surface area contributed by atoms with Gasteiger partial charge >= 0.3 is 5.97 Å². The maximum Gasteiger partial charge on any atom is 0.326 e. The van der Waals surface area contributed by atoms with E-state index in [1.54, 1.807) is 32.9 Å². The Morgan fingerprint density at radius 2 is 1.96 bits per heavy atom. The molecule has 1 rings (SSSR count). The maximum atomic E-state index is 12.7. The van der Waals surface area contributed by atoms with Crippen LogP contribution >= 0.6 is 11.6 Å². The van der Waals surface area contributed by atoms with Gasteiger partial charge in [0.15, 0.2) is 0 Å². The number of hydrogen-bond donors (Lipinski definition) is 2. The molecule has 136 valence electrons. The van der Waals surface area contributed by atoms with Crippen molar-refractivity contribution in [1.29, 1.82) is 0 Å². The topological polar surface area (TPSA) is 84.7 Å². The largest absolute Gasteiger partial charge is 0.459 e. The molecule has 3 N–H and O–H groups in total. The summed E-state index contributed by atoms with van der Waals surface area (Å²) < 4.78 is 5.24. The molecule has 0 saturated heterocycles. The second-order valence-corrected chi connectivity index (χ2v) is 5.93. The van der Waals surface area contributed by atoms with Gasteiger partial charge in [0.2, 0.25) is 5.91 Å². The van der Waals surface area contributed by atoms with Crippen molar-refractivity contribution in [1.82, 2.24) is 10.3 Å². The first kappa shape index (κ1) is 20.9. The van der Waals surface area contributed by atoms with Crippen molar-refractivity contribution in [3.05, 3.63) is 58.8 Å². The van der Waals surface area contributed by atoms with E-state index in [1.165, 1.54) is 4.90 Å². The molecule has 1 amide bonds. The highest BCUT2D eigenvalue weighted by Crippen LogP contribution is 2.15. The van der Waals surface area contributed by atoms with Crippen LogP contribution in [0.3, 0.4) is 0 Å². The van der Waals surface area contributed by atoms with Crippen LogP contribution in [0.4, 0.5) is 0 Å². The number of hydrogen-bond acceptors (Lipinski definition) is 5. The Morgan fingerprint density at radius 3 is 2.48 bits per heavy atom. The highest BCUT2D eigenvalue weighted by molar-refractivity contribution is 6.29. The van der Waals surface area contributed by atoms with Gasteiger partial charge in [-0.3, -0.25) is 15.4 Å². The van der Waals surface area contributed by atoms with Crippen molar-refractivity contribution in [2.45, 2.75) is 33.4 Å². The van der Waals surface area contributed by atoms with Crippen LogP contribution in [0.2, 0.25) is 0 Å². The number of amides is 1. The maximum absolute atomic E-state index is 12.7. The number of carbonyl (C=O) groups excluding carboxylic acids is 2. The second-order valence-electron chi connectivity index (χ2n) is 5.36. The van der Waals surface area contributed by atoms with Crippen LogP contribution in [0.1, 0.15) is 26.3 Å². The number of benzene rings is 1. The van der Waals surface area contributed by atoms with Gasteiger partial charge in [0.1, 0.15) is 19.2 Å². The summed E-state index contributed by atoms with van der Waals surface area (Å²) in [6.07, 6.45) is 3.29. The lowest BCUT2D eigenvalue weighted by atomic mass is 10.2. The summed E-state index contributed by atoms with van der Waals surface area (Å²) in [7, 11) is 0. The first-order valence-electron chi connectivity index (χ1n) is 7.83.